The van der Waals surface area contributed by atoms with Gasteiger partial charge in [0.05, 0.1) is 25.3 Å². The van der Waals surface area contributed by atoms with Gasteiger partial charge in [0, 0.05) is 24.2 Å². The van der Waals surface area contributed by atoms with Crippen molar-refractivity contribution in [3.8, 4) is 11.5 Å². The summed E-state index contributed by atoms with van der Waals surface area (Å²) < 4.78 is 23.5. The number of H-pyrrole nitrogens is 1. The van der Waals surface area contributed by atoms with Crippen LogP contribution < -0.4 is 14.8 Å². The van der Waals surface area contributed by atoms with Gasteiger partial charge in [0.15, 0.2) is 11.5 Å². The molecule has 0 aliphatic carbocycles. The lowest BCUT2D eigenvalue weighted by atomic mass is 10.1. The summed E-state index contributed by atoms with van der Waals surface area (Å²) >= 11 is 0. The van der Waals surface area contributed by atoms with Crippen molar-refractivity contribution in [3.05, 3.63) is 59.5 Å². The molecule has 1 aromatic heterocycles. The molecule has 0 saturated carbocycles. The minimum atomic E-state index is -0.268. The van der Waals surface area contributed by atoms with Gasteiger partial charge in [-0.3, -0.25) is 4.79 Å². The van der Waals surface area contributed by atoms with Crippen molar-refractivity contribution in [2.75, 3.05) is 20.8 Å². The molecule has 1 amide bonds. The van der Waals surface area contributed by atoms with E-state index < -0.39 is 0 Å². The van der Waals surface area contributed by atoms with Crippen LogP contribution in [0.3, 0.4) is 0 Å². The number of halogens is 1. The highest BCUT2D eigenvalue weighted by Crippen LogP contribution is 2.33. The molecule has 0 aliphatic rings. The molecule has 0 bridgehead atoms. The molecule has 0 fully saturated rings. The maximum absolute atomic E-state index is 12.9. The van der Waals surface area contributed by atoms with Gasteiger partial charge in [0.25, 0.3) is 5.91 Å². The maximum atomic E-state index is 12.9. The molecule has 25 heavy (non-hydrogen) atoms. The van der Waals surface area contributed by atoms with Gasteiger partial charge in [0.1, 0.15) is 5.82 Å². The van der Waals surface area contributed by atoms with E-state index in [2.05, 4.69) is 10.3 Å². The van der Waals surface area contributed by atoms with E-state index in [1.807, 2.05) is 0 Å². The third kappa shape index (κ3) is 3.57. The van der Waals surface area contributed by atoms with Crippen molar-refractivity contribution in [2.45, 2.75) is 6.42 Å². The summed E-state index contributed by atoms with van der Waals surface area (Å²) in [5.74, 6) is 0.714. The molecule has 130 valence electrons. The number of nitrogens with one attached hydrogen (secondary N) is 2. The summed E-state index contributed by atoms with van der Waals surface area (Å²) in [4.78, 5) is 15.5. The van der Waals surface area contributed by atoms with Crippen molar-refractivity contribution >= 4 is 16.8 Å². The number of amides is 1. The Balaban J connectivity index is 1.72. The van der Waals surface area contributed by atoms with Crippen molar-refractivity contribution < 1.29 is 18.7 Å². The van der Waals surface area contributed by atoms with E-state index in [4.69, 9.17) is 9.47 Å². The number of aromatic nitrogens is 1. The molecule has 3 aromatic rings. The van der Waals surface area contributed by atoms with Crippen molar-refractivity contribution in [1.82, 2.24) is 10.3 Å². The molecular weight excluding hydrogens is 323 g/mol. The number of carbonyl (C=O) groups is 1. The zero-order valence-electron chi connectivity index (χ0n) is 14.1. The van der Waals surface area contributed by atoms with Crippen molar-refractivity contribution in [3.63, 3.8) is 0 Å². The minimum Gasteiger partial charge on any atom is -0.493 e. The highest BCUT2D eigenvalue weighted by Gasteiger charge is 2.15. The Morgan fingerprint density at radius 3 is 2.48 bits per heavy atom. The van der Waals surface area contributed by atoms with Crippen molar-refractivity contribution in [1.29, 1.82) is 0 Å². The van der Waals surface area contributed by atoms with E-state index in [0.717, 1.165) is 16.5 Å². The second-order valence-corrected chi connectivity index (χ2v) is 5.59. The number of carbonyl (C=O) groups excluding carboxylic acids is 1. The van der Waals surface area contributed by atoms with Gasteiger partial charge in [-0.25, -0.2) is 4.39 Å². The third-order valence-electron chi connectivity index (χ3n) is 4.04. The van der Waals surface area contributed by atoms with Crippen LogP contribution in [0, 0.1) is 5.82 Å². The summed E-state index contributed by atoms with van der Waals surface area (Å²) in [5, 5.41) is 3.64. The van der Waals surface area contributed by atoms with Crippen molar-refractivity contribution in [2.24, 2.45) is 0 Å². The largest absolute Gasteiger partial charge is 0.493 e. The van der Waals surface area contributed by atoms with Crippen LogP contribution >= 0.6 is 0 Å². The van der Waals surface area contributed by atoms with E-state index in [1.165, 1.54) is 12.1 Å². The molecule has 2 aromatic carbocycles. The van der Waals surface area contributed by atoms with E-state index >= 15 is 0 Å². The lowest BCUT2D eigenvalue weighted by Crippen LogP contribution is -2.25. The van der Waals surface area contributed by atoms with Gasteiger partial charge in [0.2, 0.25) is 0 Å². The molecule has 6 heteroatoms. The fraction of sp³-hybridized carbons (Fsp3) is 0.211. The monoisotopic (exact) mass is 342 g/mol. The number of rotatable bonds is 6. The van der Waals surface area contributed by atoms with Gasteiger partial charge < -0.3 is 19.8 Å². The molecule has 0 aliphatic heterocycles. The number of aromatic amines is 1. The Morgan fingerprint density at radius 1 is 1.12 bits per heavy atom. The second-order valence-electron chi connectivity index (χ2n) is 5.59. The first-order chi connectivity index (χ1) is 12.1. The first-order valence-electron chi connectivity index (χ1n) is 7.88. The summed E-state index contributed by atoms with van der Waals surface area (Å²) in [6.07, 6.45) is 2.29. The Bertz CT molecular complexity index is 888. The van der Waals surface area contributed by atoms with E-state index in [9.17, 15) is 9.18 Å². The molecule has 0 atom stereocenters. The van der Waals surface area contributed by atoms with Crippen LogP contribution in [-0.2, 0) is 6.42 Å². The van der Waals surface area contributed by atoms with Gasteiger partial charge in [-0.15, -0.1) is 0 Å². The van der Waals surface area contributed by atoms with E-state index in [1.54, 1.807) is 44.7 Å². The molecule has 2 N–H and O–H groups in total. The van der Waals surface area contributed by atoms with Crippen LogP contribution in [0.15, 0.2) is 42.6 Å². The summed E-state index contributed by atoms with van der Waals surface area (Å²) in [6.45, 7) is 0.463. The van der Waals surface area contributed by atoms with E-state index in [0.29, 0.717) is 30.0 Å². The van der Waals surface area contributed by atoms with Crippen LogP contribution in [0.4, 0.5) is 4.39 Å². The standard InChI is InChI=1S/C19H19FN2O3/c1-24-17-9-14-15(11-22-16(14)10-18(17)25-2)19(23)21-8-7-12-3-5-13(20)6-4-12/h3-6,9-11,22H,7-8H2,1-2H3,(H,21,23). The Morgan fingerprint density at radius 2 is 1.80 bits per heavy atom. The predicted octanol–water partition coefficient (Wildman–Crippen LogP) is 3.30. The van der Waals surface area contributed by atoms with Crippen LogP contribution in [0.1, 0.15) is 15.9 Å². The molecular formula is C19H19FN2O3. The third-order valence-corrected chi connectivity index (χ3v) is 4.04. The molecule has 5 nitrogen and oxygen atoms in total. The summed E-state index contributed by atoms with van der Waals surface area (Å²) in [5.41, 5.74) is 2.29. The Labute approximate surface area is 144 Å². The van der Waals surface area contributed by atoms with Crippen LogP contribution in [0.2, 0.25) is 0 Å². The highest BCUT2D eigenvalue weighted by molar-refractivity contribution is 6.07. The quantitative estimate of drug-likeness (QED) is 0.722. The summed E-state index contributed by atoms with van der Waals surface area (Å²) in [6, 6.07) is 9.82. The molecule has 0 radical (unpaired) electrons. The van der Waals surface area contributed by atoms with Gasteiger partial charge in [-0.2, -0.15) is 0 Å². The van der Waals surface area contributed by atoms with Gasteiger partial charge in [-0.05, 0) is 30.2 Å². The SMILES string of the molecule is COc1cc2[nH]cc(C(=O)NCCc3ccc(F)cc3)c2cc1OC. The molecule has 1 heterocycles. The average Bonchev–Trinajstić information content (AvgIpc) is 3.04. The second kappa shape index (κ2) is 7.25. The van der Waals surface area contributed by atoms with Crippen LogP contribution in [0.5, 0.6) is 11.5 Å². The number of hydrogen-bond donors (Lipinski definition) is 2. The topological polar surface area (TPSA) is 63.4 Å². The first kappa shape index (κ1) is 16.8. The maximum Gasteiger partial charge on any atom is 0.253 e. The number of benzene rings is 2. The zero-order chi connectivity index (χ0) is 17.8. The summed E-state index contributed by atoms with van der Waals surface area (Å²) in [7, 11) is 3.12. The minimum absolute atomic E-state index is 0.180. The lowest BCUT2D eigenvalue weighted by molar-refractivity contribution is 0.0956. The van der Waals surface area contributed by atoms with Crippen LogP contribution in [0.25, 0.3) is 10.9 Å². The molecule has 0 unspecified atom stereocenters. The normalized spacial score (nSPS) is 10.7. The fourth-order valence-corrected chi connectivity index (χ4v) is 2.70. The zero-order valence-corrected chi connectivity index (χ0v) is 14.1. The average molecular weight is 342 g/mol. The number of ether oxygens (including phenoxy) is 2. The van der Waals surface area contributed by atoms with E-state index in [-0.39, 0.29) is 11.7 Å². The van der Waals surface area contributed by atoms with Gasteiger partial charge in [-0.1, -0.05) is 12.1 Å². The number of hydrogen-bond acceptors (Lipinski definition) is 3. The predicted molar refractivity (Wildman–Crippen MR) is 93.8 cm³/mol. The Kier molecular flexibility index (Phi) is 4.88. The molecule has 0 spiro atoms. The number of fused-ring (bicyclic) bond motifs is 1. The highest BCUT2D eigenvalue weighted by atomic mass is 19.1. The van der Waals surface area contributed by atoms with Gasteiger partial charge >= 0.3 is 0 Å². The molecule has 0 saturated heterocycles. The molecule has 3 rings (SSSR count). The lowest BCUT2D eigenvalue weighted by Gasteiger charge is -2.08. The number of methoxy groups -OCH3 is 2. The smallest absolute Gasteiger partial charge is 0.253 e. The first-order valence-corrected chi connectivity index (χ1v) is 7.88. The Hall–Kier alpha value is -3.02. The fourth-order valence-electron chi connectivity index (χ4n) is 2.70. The van der Waals surface area contributed by atoms with Crippen LogP contribution in [-0.4, -0.2) is 31.7 Å².